The number of thioether (sulfide) groups is 1. The summed E-state index contributed by atoms with van der Waals surface area (Å²) in [5.41, 5.74) is 5.08. The van der Waals surface area contributed by atoms with Gasteiger partial charge in [-0.25, -0.2) is 17.5 Å². The Morgan fingerprint density at radius 1 is 1.53 bits per heavy atom. The van der Waals surface area contributed by atoms with E-state index in [1.54, 1.807) is 11.8 Å². The van der Waals surface area contributed by atoms with Crippen LogP contribution in [0.2, 0.25) is 5.02 Å². The smallest absolute Gasteiger partial charge is 0.243 e. The Hall–Kier alpha value is -0.500. The summed E-state index contributed by atoms with van der Waals surface area (Å²) in [6.45, 7) is 2.14. The fraction of sp³-hybridized carbons (Fsp3) is 0.455. The van der Waals surface area contributed by atoms with Crippen LogP contribution in [0.3, 0.4) is 0 Å². The van der Waals surface area contributed by atoms with Crippen molar-refractivity contribution in [3.63, 3.8) is 0 Å². The molecule has 0 aliphatic heterocycles. The van der Waals surface area contributed by atoms with Crippen LogP contribution in [0.1, 0.15) is 6.92 Å². The quantitative estimate of drug-likeness (QED) is 0.787. The minimum Gasteiger partial charge on any atom is -0.396 e. The van der Waals surface area contributed by atoms with Crippen molar-refractivity contribution in [2.24, 2.45) is 5.92 Å². The molecule has 0 saturated heterocycles. The molecular weight excluding hydrogens is 311 g/mol. The standard InChI is InChI=1S/C11H16ClFN2O2S2/c1-7(6-18-2)5-15-19(16,17)10-4-8(12)3-9(14)11(10)13/h3-4,7,15H,5-6,14H2,1-2H3. The lowest BCUT2D eigenvalue weighted by Gasteiger charge is -2.13. The maximum absolute atomic E-state index is 13.7. The number of benzene rings is 1. The Bertz CT molecular complexity index is 552. The van der Waals surface area contributed by atoms with Gasteiger partial charge in [0.2, 0.25) is 10.0 Å². The molecule has 0 amide bonds. The van der Waals surface area contributed by atoms with E-state index in [0.29, 0.717) is 0 Å². The highest BCUT2D eigenvalue weighted by Crippen LogP contribution is 2.25. The molecular formula is C11H16ClFN2O2S2. The molecule has 0 aliphatic carbocycles. The topological polar surface area (TPSA) is 72.2 Å². The van der Waals surface area contributed by atoms with E-state index in [1.165, 1.54) is 6.07 Å². The fourth-order valence-electron chi connectivity index (χ4n) is 1.45. The van der Waals surface area contributed by atoms with Gasteiger partial charge in [-0.2, -0.15) is 11.8 Å². The molecule has 1 rings (SSSR count). The number of nitrogens with one attached hydrogen (secondary N) is 1. The Kier molecular flexibility index (Phi) is 5.91. The van der Waals surface area contributed by atoms with Crippen LogP contribution in [0, 0.1) is 11.7 Å². The molecule has 0 heterocycles. The van der Waals surface area contributed by atoms with Crippen LogP contribution in [-0.4, -0.2) is 27.0 Å². The van der Waals surface area contributed by atoms with Crippen LogP contribution in [0.25, 0.3) is 0 Å². The highest BCUT2D eigenvalue weighted by atomic mass is 35.5. The largest absolute Gasteiger partial charge is 0.396 e. The summed E-state index contributed by atoms with van der Waals surface area (Å²) in [7, 11) is -3.95. The molecule has 0 saturated carbocycles. The third kappa shape index (κ3) is 4.52. The van der Waals surface area contributed by atoms with Crippen LogP contribution < -0.4 is 10.5 Å². The average molecular weight is 327 g/mol. The van der Waals surface area contributed by atoms with E-state index < -0.39 is 20.7 Å². The zero-order valence-corrected chi connectivity index (χ0v) is 13.0. The maximum Gasteiger partial charge on any atom is 0.243 e. The van der Waals surface area contributed by atoms with Crippen LogP contribution in [0.5, 0.6) is 0 Å². The van der Waals surface area contributed by atoms with Gasteiger partial charge >= 0.3 is 0 Å². The second-order valence-corrected chi connectivity index (χ2v) is 7.30. The molecule has 1 aromatic rings. The van der Waals surface area contributed by atoms with Gasteiger partial charge in [0.25, 0.3) is 0 Å². The van der Waals surface area contributed by atoms with Crippen LogP contribution >= 0.6 is 23.4 Å². The molecule has 0 aliphatic rings. The summed E-state index contributed by atoms with van der Waals surface area (Å²) in [4.78, 5) is -0.520. The van der Waals surface area contributed by atoms with E-state index in [1.807, 2.05) is 13.2 Å². The second-order valence-electron chi connectivity index (χ2n) is 4.22. The van der Waals surface area contributed by atoms with Gasteiger partial charge in [-0.1, -0.05) is 18.5 Å². The molecule has 19 heavy (non-hydrogen) atoms. The summed E-state index contributed by atoms with van der Waals surface area (Å²) in [6, 6.07) is 2.22. The number of anilines is 1. The van der Waals surface area contributed by atoms with Gasteiger partial charge in [-0.15, -0.1) is 0 Å². The zero-order valence-electron chi connectivity index (χ0n) is 10.6. The number of nitrogens with two attached hydrogens (primary N) is 1. The summed E-state index contributed by atoms with van der Waals surface area (Å²) >= 11 is 7.31. The molecule has 0 radical (unpaired) electrons. The SMILES string of the molecule is CSCC(C)CNS(=O)(=O)c1cc(Cl)cc(N)c1F. The molecule has 1 atom stereocenters. The summed E-state index contributed by atoms with van der Waals surface area (Å²) < 4.78 is 40.1. The van der Waals surface area contributed by atoms with Crippen molar-refractivity contribution in [1.82, 2.24) is 4.72 Å². The number of hydrogen-bond donors (Lipinski definition) is 2. The number of sulfonamides is 1. The summed E-state index contributed by atoms with van der Waals surface area (Å²) in [5.74, 6) is -0.0262. The molecule has 4 nitrogen and oxygen atoms in total. The van der Waals surface area contributed by atoms with Crippen molar-refractivity contribution in [1.29, 1.82) is 0 Å². The van der Waals surface area contributed by atoms with Crippen molar-refractivity contribution in [3.8, 4) is 0 Å². The molecule has 0 spiro atoms. The highest BCUT2D eigenvalue weighted by molar-refractivity contribution is 7.98. The molecule has 8 heteroatoms. The predicted molar refractivity (Wildman–Crippen MR) is 78.6 cm³/mol. The lowest BCUT2D eigenvalue weighted by atomic mass is 10.2. The van der Waals surface area contributed by atoms with Gasteiger partial charge in [0.15, 0.2) is 5.82 Å². The lowest BCUT2D eigenvalue weighted by Crippen LogP contribution is -2.30. The fourth-order valence-corrected chi connectivity index (χ4v) is 3.73. The average Bonchev–Trinajstić information content (AvgIpc) is 2.31. The Morgan fingerprint density at radius 2 is 2.16 bits per heavy atom. The van der Waals surface area contributed by atoms with E-state index in [9.17, 15) is 12.8 Å². The monoisotopic (exact) mass is 326 g/mol. The van der Waals surface area contributed by atoms with Crippen molar-refractivity contribution in [3.05, 3.63) is 23.0 Å². The molecule has 3 N–H and O–H groups in total. The maximum atomic E-state index is 13.7. The van der Waals surface area contributed by atoms with Crippen molar-refractivity contribution in [2.75, 3.05) is 24.3 Å². The number of nitrogen functional groups attached to an aromatic ring is 1. The third-order valence-electron chi connectivity index (χ3n) is 2.39. The third-order valence-corrected chi connectivity index (χ3v) is 4.94. The van der Waals surface area contributed by atoms with Crippen LogP contribution in [-0.2, 0) is 10.0 Å². The first-order chi connectivity index (χ1) is 8.77. The Balaban J connectivity index is 2.95. The lowest BCUT2D eigenvalue weighted by molar-refractivity contribution is 0.546. The van der Waals surface area contributed by atoms with Crippen LogP contribution in [0.4, 0.5) is 10.1 Å². The predicted octanol–water partition coefficient (Wildman–Crippen LogP) is 2.34. The van der Waals surface area contributed by atoms with Crippen molar-refractivity contribution >= 4 is 39.1 Å². The van der Waals surface area contributed by atoms with E-state index >= 15 is 0 Å². The Morgan fingerprint density at radius 3 is 2.74 bits per heavy atom. The normalized spacial score (nSPS) is 13.5. The summed E-state index contributed by atoms with van der Waals surface area (Å²) in [6.07, 6.45) is 1.93. The van der Waals surface area contributed by atoms with E-state index in [2.05, 4.69) is 4.72 Å². The van der Waals surface area contributed by atoms with Crippen molar-refractivity contribution in [2.45, 2.75) is 11.8 Å². The number of hydrogen-bond acceptors (Lipinski definition) is 4. The molecule has 0 fully saturated rings. The molecule has 0 bridgehead atoms. The first-order valence-electron chi connectivity index (χ1n) is 5.51. The van der Waals surface area contributed by atoms with E-state index in [4.69, 9.17) is 17.3 Å². The van der Waals surface area contributed by atoms with Gasteiger partial charge in [0.05, 0.1) is 5.69 Å². The van der Waals surface area contributed by atoms with E-state index in [0.717, 1.165) is 11.8 Å². The molecule has 1 unspecified atom stereocenters. The Labute approximate surface area is 121 Å². The first-order valence-corrected chi connectivity index (χ1v) is 8.76. The number of rotatable bonds is 6. The van der Waals surface area contributed by atoms with Gasteiger partial charge < -0.3 is 5.73 Å². The van der Waals surface area contributed by atoms with Gasteiger partial charge in [0, 0.05) is 11.6 Å². The molecule has 0 aromatic heterocycles. The zero-order chi connectivity index (χ0) is 14.6. The van der Waals surface area contributed by atoms with Crippen molar-refractivity contribution < 1.29 is 12.8 Å². The highest BCUT2D eigenvalue weighted by Gasteiger charge is 2.22. The second kappa shape index (κ2) is 6.78. The van der Waals surface area contributed by atoms with Gasteiger partial charge in [-0.3, -0.25) is 0 Å². The van der Waals surface area contributed by atoms with Crippen LogP contribution in [0.15, 0.2) is 17.0 Å². The van der Waals surface area contributed by atoms with Gasteiger partial charge in [0.1, 0.15) is 4.90 Å². The first kappa shape index (κ1) is 16.6. The number of halogens is 2. The molecule has 1 aromatic carbocycles. The minimum absolute atomic E-state index is 0.0800. The van der Waals surface area contributed by atoms with Gasteiger partial charge in [-0.05, 0) is 30.1 Å². The van der Waals surface area contributed by atoms with E-state index in [-0.39, 0.29) is 23.2 Å². The summed E-state index contributed by atoms with van der Waals surface area (Å²) in [5, 5.41) is 0.0800. The minimum atomic E-state index is -3.95. The molecule has 108 valence electrons.